The zero-order valence-electron chi connectivity index (χ0n) is 14.2. The Labute approximate surface area is 145 Å². The summed E-state index contributed by atoms with van der Waals surface area (Å²) in [6, 6.07) is 6.51. The number of rotatable bonds is 6. The fraction of sp³-hybridized carbons (Fsp3) is 0.529. The van der Waals surface area contributed by atoms with E-state index >= 15 is 0 Å². The summed E-state index contributed by atoms with van der Waals surface area (Å²) < 4.78 is 5.70. The number of nitro groups is 1. The molecule has 25 heavy (non-hydrogen) atoms. The number of nitrogens with zero attached hydrogens (tertiary/aromatic N) is 4. The molecule has 1 aliphatic rings. The number of non-ortho nitro benzene ring substituents is 1. The summed E-state index contributed by atoms with van der Waals surface area (Å²) >= 11 is 0. The Bertz CT molecular complexity index is 708. The molecule has 0 atom stereocenters. The molecule has 1 aromatic carbocycles. The molecule has 0 amide bonds. The number of nitro benzene ring substituents is 1. The van der Waals surface area contributed by atoms with Gasteiger partial charge in [0.1, 0.15) is 0 Å². The van der Waals surface area contributed by atoms with E-state index in [2.05, 4.69) is 15.1 Å². The number of hydrogen-bond donors (Lipinski definition) is 1. The third-order valence-corrected chi connectivity index (χ3v) is 4.87. The van der Waals surface area contributed by atoms with Crippen LogP contribution in [-0.4, -0.2) is 44.8 Å². The molecule has 0 unspecified atom stereocenters. The van der Waals surface area contributed by atoms with Crippen molar-refractivity contribution >= 4 is 5.69 Å². The molecule has 1 aliphatic carbocycles. The van der Waals surface area contributed by atoms with E-state index in [9.17, 15) is 15.2 Å². The van der Waals surface area contributed by atoms with Crippen molar-refractivity contribution in [3.63, 3.8) is 0 Å². The Kier molecular flexibility index (Phi) is 5.40. The molecule has 134 valence electrons. The summed E-state index contributed by atoms with van der Waals surface area (Å²) in [5, 5.41) is 28.0. The lowest BCUT2D eigenvalue weighted by Gasteiger charge is -2.33. The van der Waals surface area contributed by atoms with Crippen LogP contribution in [0.25, 0.3) is 11.5 Å². The second-order valence-corrected chi connectivity index (χ2v) is 6.58. The topological polar surface area (TPSA) is 106 Å². The van der Waals surface area contributed by atoms with E-state index in [1.807, 2.05) is 7.05 Å². The highest BCUT2D eigenvalue weighted by atomic mass is 16.6. The van der Waals surface area contributed by atoms with E-state index in [4.69, 9.17) is 4.42 Å². The molecule has 1 fully saturated rings. The average molecular weight is 346 g/mol. The summed E-state index contributed by atoms with van der Waals surface area (Å²) in [6.45, 7) is 0.840. The summed E-state index contributed by atoms with van der Waals surface area (Å²) in [4.78, 5) is 12.5. The smallest absolute Gasteiger partial charge is 0.269 e. The van der Waals surface area contributed by atoms with Crippen LogP contribution in [0.2, 0.25) is 0 Å². The molecule has 1 saturated carbocycles. The standard InChI is InChI=1S/C17H22N4O4/c1-20(14-6-2-12(11-22)3-7-14)10-16-18-19-17(25-16)13-4-8-15(9-5-13)21(23)24/h4-5,8-9,12,14,22H,2-3,6-7,10-11H2,1H3. The van der Waals surface area contributed by atoms with Crippen LogP contribution in [0.5, 0.6) is 0 Å². The van der Waals surface area contributed by atoms with Crippen LogP contribution >= 0.6 is 0 Å². The van der Waals surface area contributed by atoms with Crippen molar-refractivity contribution in [2.75, 3.05) is 13.7 Å². The van der Waals surface area contributed by atoms with Crippen LogP contribution in [0.4, 0.5) is 5.69 Å². The Morgan fingerprint density at radius 1 is 1.24 bits per heavy atom. The first-order valence-electron chi connectivity index (χ1n) is 8.45. The van der Waals surface area contributed by atoms with Gasteiger partial charge in [-0.25, -0.2) is 0 Å². The lowest BCUT2D eigenvalue weighted by molar-refractivity contribution is -0.384. The van der Waals surface area contributed by atoms with Gasteiger partial charge in [0, 0.05) is 30.3 Å². The van der Waals surface area contributed by atoms with Crippen molar-refractivity contribution in [3.05, 3.63) is 40.3 Å². The second kappa shape index (κ2) is 7.71. The zero-order chi connectivity index (χ0) is 17.8. The van der Waals surface area contributed by atoms with E-state index < -0.39 is 4.92 Å². The molecule has 1 heterocycles. The van der Waals surface area contributed by atoms with Gasteiger partial charge < -0.3 is 9.52 Å². The summed E-state index contributed by atoms with van der Waals surface area (Å²) in [5.41, 5.74) is 0.692. The highest BCUT2D eigenvalue weighted by Gasteiger charge is 2.24. The van der Waals surface area contributed by atoms with Gasteiger partial charge in [-0.1, -0.05) is 0 Å². The Balaban J connectivity index is 1.60. The highest BCUT2D eigenvalue weighted by Crippen LogP contribution is 2.28. The van der Waals surface area contributed by atoms with Crippen LogP contribution < -0.4 is 0 Å². The molecule has 0 spiro atoms. The molecule has 1 aromatic heterocycles. The number of aliphatic hydroxyl groups excluding tert-OH is 1. The summed E-state index contributed by atoms with van der Waals surface area (Å²) in [6.07, 6.45) is 4.21. The SMILES string of the molecule is CN(Cc1nnc(-c2ccc([N+](=O)[O-])cc2)o1)C1CCC(CO)CC1. The molecule has 2 aromatic rings. The first-order chi connectivity index (χ1) is 12.1. The molecule has 0 radical (unpaired) electrons. The maximum Gasteiger partial charge on any atom is 0.269 e. The van der Waals surface area contributed by atoms with Gasteiger partial charge in [-0.15, -0.1) is 10.2 Å². The number of aromatic nitrogens is 2. The highest BCUT2D eigenvalue weighted by molar-refractivity contribution is 5.55. The normalized spacial score (nSPS) is 20.8. The number of aliphatic hydroxyl groups is 1. The van der Waals surface area contributed by atoms with Gasteiger partial charge in [-0.05, 0) is 50.8 Å². The molecule has 0 saturated heterocycles. The molecule has 1 N–H and O–H groups in total. The van der Waals surface area contributed by atoms with Crippen molar-refractivity contribution in [2.45, 2.75) is 38.3 Å². The van der Waals surface area contributed by atoms with Gasteiger partial charge >= 0.3 is 0 Å². The maximum absolute atomic E-state index is 10.7. The van der Waals surface area contributed by atoms with Gasteiger partial charge in [0.05, 0.1) is 11.5 Å². The monoisotopic (exact) mass is 346 g/mol. The summed E-state index contributed by atoms with van der Waals surface area (Å²) in [5.74, 6) is 1.32. The average Bonchev–Trinajstić information content (AvgIpc) is 3.10. The van der Waals surface area contributed by atoms with Crippen molar-refractivity contribution in [3.8, 4) is 11.5 Å². The van der Waals surface area contributed by atoms with Crippen LogP contribution in [0.1, 0.15) is 31.6 Å². The minimum absolute atomic E-state index is 0.0294. The lowest BCUT2D eigenvalue weighted by atomic mass is 9.86. The fourth-order valence-corrected chi connectivity index (χ4v) is 3.27. The number of hydrogen-bond acceptors (Lipinski definition) is 7. The van der Waals surface area contributed by atoms with Gasteiger partial charge in [0.2, 0.25) is 11.8 Å². The zero-order valence-corrected chi connectivity index (χ0v) is 14.2. The molecular formula is C17H22N4O4. The minimum Gasteiger partial charge on any atom is -0.419 e. The van der Waals surface area contributed by atoms with E-state index in [0.29, 0.717) is 35.8 Å². The first-order valence-corrected chi connectivity index (χ1v) is 8.45. The van der Waals surface area contributed by atoms with Gasteiger partial charge in [-0.2, -0.15) is 0 Å². The van der Waals surface area contributed by atoms with Gasteiger partial charge in [-0.3, -0.25) is 15.0 Å². The largest absolute Gasteiger partial charge is 0.419 e. The van der Waals surface area contributed by atoms with Crippen LogP contribution in [-0.2, 0) is 6.54 Å². The van der Waals surface area contributed by atoms with E-state index in [0.717, 1.165) is 25.7 Å². The molecular weight excluding hydrogens is 324 g/mol. The lowest BCUT2D eigenvalue weighted by Crippen LogP contribution is -2.35. The molecule has 0 aliphatic heterocycles. The molecule has 3 rings (SSSR count). The van der Waals surface area contributed by atoms with Crippen molar-refractivity contribution < 1.29 is 14.4 Å². The number of benzene rings is 1. The van der Waals surface area contributed by atoms with Crippen molar-refractivity contribution in [1.82, 2.24) is 15.1 Å². The van der Waals surface area contributed by atoms with E-state index in [1.54, 1.807) is 12.1 Å². The molecule has 8 nitrogen and oxygen atoms in total. The predicted molar refractivity (Wildman–Crippen MR) is 90.7 cm³/mol. The van der Waals surface area contributed by atoms with E-state index in [-0.39, 0.29) is 12.3 Å². The second-order valence-electron chi connectivity index (χ2n) is 6.58. The molecule has 8 heteroatoms. The van der Waals surface area contributed by atoms with Gasteiger partial charge in [0.25, 0.3) is 5.69 Å². The Morgan fingerprint density at radius 3 is 2.52 bits per heavy atom. The Hall–Kier alpha value is -2.32. The third kappa shape index (κ3) is 4.21. The molecule has 0 bridgehead atoms. The van der Waals surface area contributed by atoms with Crippen molar-refractivity contribution in [1.29, 1.82) is 0 Å². The summed E-state index contributed by atoms with van der Waals surface area (Å²) in [7, 11) is 2.04. The van der Waals surface area contributed by atoms with Gasteiger partial charge in [0.15, 0.2) is 0 Å². The van der Waals surface area contributed by atoms with Crippen LogP contribution in [0.3, 0.4) is 0 Å². The fourth-order valence-electron chi connectivity index (χ4n) is 3.27. The quantitative estimate of drug-likeness (QED) is 0.633. The van der Waals surface area contributed by atoms with Crippen molar-refractivity contribution in [2.24, 2.45) is 5.92 Å². The van der Waals surface area contributed by atoms with E-state index in [1.165, 1.54) is 12.1 Å². The maximum atomic E-state index is 10.7. The first kappa shape index (κ1) is 17.5. The van der Waals surface area contributed by atoms with Crippen LogP contribution in [0.15, 0.2) is 28.7 Å². The third-order valence-electron chi connectivity index (χ3n) is 4.87. The van der Waals surface area contributed by atoms with Crippen LogP contribution in [0, 0.1) is 16.0 Å². The predicted octanol–water partition coefficient (Wildman–Crippen LogP) is 2.63. The minimum atomic E-state index is -0.441. The Morgan fingerprint density at radius 2 is 1.92 bits per heavy atom.